The third-order valence-electron chi connectivity index (χ3n) is 4.63. The molecule has 30 heavy (non-hydrogen) atoms. The molecule has 1 atom stereocenters. The van der Waals surface area contributed by atoms with Crippen LogP contribution in [0.15, 0.2) is 36.5 Å². The first-order valence-electron chi connectivity index (χ1n) is 9.31. The van der Waals surface area contributed by atoms with Crippen LogP contribution in [-0.4, -0.2) is 44.1 Å². The lowest BCUT2D eigenvalue weighted by atomic mass is 10.2. The lowest BCUT2D eigenvalue weighted by Gasteiger charge is -2.11. The van der Waals surface area contributed by atoms with Gasteiger partial charge in [0.05, 0.1) is 24.6 Å². The van der Waals surface area contributed by atoms with Crippen LogP contribution in [0.1, 0.15) is 52.5 Å². The van der Waals surface area contributed by atoms with Crippen molar-refractivity contribution in [3.05, 3.63) is 59.4 Å². The van der Waals surface area contributed by atoms with Gasteiger partial charge in [-0.15, -0.1) is 15.0 Å². The molecule has 0 bridgehead atoms. The minimum atomic E-state index is -0.772. The number of pyridine rings is 1. The number of rotatable bonds is 7. The van der Waals surface area contributed by atoms with Gasteiger partial charge in [0.1, 0.15) is 17.3 Å². The van der Waals surface area contributed by atoms with E-state index < -0.39 is 17.9 Å². The van der Waals surface area contributed by atoms with E-state index in [0.29, 0.717) is 11.4 Å². The highest BCUT2D eigenvalue weighted by atomic mass is 19.1. The summed E-state index contributed by atoms with van der Waals surface area (Å²) in [6.45, 7) is 1.73. The monoisotopic (exact) mass is 411 g/mol. The standard InChI is InChI=1S/C20H18FN5O4/c1-11(30-14-6-8-17(22-10-14)18(27)12-3-4-12)19-23-25-26(24-19)13-5-7-15(16(21)9-13)20(28)29-2/h5-12H,3-4H2,1-2H3. The number of benzene rings is 1. The van der Waals surface area contributed by atoms with Crippen molar-refractivity contribution in [2.75, 3.05) is 7.11 Å². The Balaban J connectivity index is 1.45. The summed E-state index contributed by atoms with van der Waals surface area (Å²) in [5.74, 6) is -0.634. The van der Waals surface area contributed by atoms with Crippen molar-refractivity contribution in [1.82, 2.24) is 25.2 Å². The van der Waals surface area contributed by atoms with Crippen molar-refractivity contribution in [2.45, 2.75) is 25.9 Å². The molecule has 1 saturated carbocycles. The molecule has 1 aromatic carbocycles. The largest absolute Gasteiger partial charge is 0.481 e. The summed E-state index contributed by atoms with van der Waals surface area (Å²) in [5.41, 5.74) is 0.532. The van der Waals surface area contributed by atoms with E-state index >= 15 is 0 Å². The van der Waals surface area contributed by atoms with Crippen LogP contribution in [0, 0.1) is 11.7 Å². The average molecular weight is 411 g/mol. The van der Waals surface area contributed by atoms with Gasteiger partial charge in [0.15, 0.2) is 11.9 Å². The molecule has 1 aliphatic carbocycles. The maximum atomic E-state index is 14.1. The molecule has 154 valence electrons. The Labute approximate surface area is 170 Å². The van der Waals surface area contributed by atoms with Crippen LogP contribution >= 0.6 is 0 Å². The van der Waals surface area contributed by atoms with Crippen molar-refractivity contribution in [3.63, 3.8) is 0 Å². The lowest BCUT2D eigenvalue weighted by molar-refractivity contribution is 0.0595. The lowest BCUT2D eigenvalue weighted by Crippen LogP contribution is -2.09. The van der Waals surface area contributed by atoms with Crippen molar-refractivity contribution in [1.29, 1.82) is 0 Å². The van der Waals surface area contributed by atoms with Crippen molar-refractivity contribution in [2.24, 2.45) is 5.92 Å². The highest BCUT2D eigenvalue weighted by Gasteiger charge is 2.31. The number of carbonyl (C=O) groups excluding carboxylic acids is 2. The highest BCUT2D eigenvalue weighted by molar-refractivity contribution is 5.97. The highest BCUT2D eigenvalue weighted by Crippen LogP contribution is 2.32. The quantitative estimate of drug-likeness (QED) is 0.431. The van der Waals surface area contributed by atoms with E-state index in [-0.39, 0.29) is 28.8 Å². The topological polar surface area (TPSA) is 109 Å². The molecule has 1 unspecified atom stereocenters. The fourth-order valence-corrected chi connectivity index (χ4v) is 2.81. The van der Waals surface area contributed by atoms with Gasteiger partial charge in [0, 0.05) is 12.0 Å². The van der Waals surface area contributed by atoms with Gasteiger partial charge < -0.3 is 9.47 Å². The number of tetrazole rings is 1. The molecular formula is C20H18FN5O4. The molecule has 0 aliphatic heterocycles. The Morgan fingerprint density at radius 1 is 1.23 bits per heavy atom. The Morgan fingerprint density at radius 3 is 2.67 bits per heavy atom. The second-order valence-corrected chi connectivity index (χ2v) is 6.87. The summed E-state index contributed by atoms with van der Waals surface area (Å²) in [6.07, 6.45) is 2.76. The molecule has 2 heterocycles. The molecule has 3 aromatic rings. The number of ether oxygens (including phenoxy) is 2. The van der Waals surface area contributed by atoms with E-state index in [1.54, 1.807) is 19.1 Å². The minimum Gasteiger partial charge on any atom is -0.481 e. The number of hydrogen-bond acceptors (Lipinski definition) is 8. The Bertz CT molecular complexity index is 1090. The fourth-order valence-electron chi connectivity index (χ4n) is 2.81. The zero-order valence-electron chi connectivity index (χ0n) is 16.3. The van der Waals surface area contributed by atoms with Crippen molar-refractivity contribution in [3.8, 4) is 11.4 Å². The molecule has 0 spiro atoms. The summed E-state index contributed by atoms with van der Waals surface area (Å²) in [5, 5.41) is 12.0. The third-order valence-corrected chi connectivity index (χ3v) is 4.63. The predicted octanol–water partition coefficient (Wildman–Crippen LogP) is 2.72. The predicted molar refractivity (Wildman–Crippen MR) is 101 cm³/mol. The van der Waals surface area contributed by atoms with Crippen LogP contribution in [0.4, 0.5) is 4.39 Å². The summed E-state index contributed by atoms with van der Waals surface area (Å²) in [6, 6.07) is 7.19. The number of ketones is 1. The number of nitrogens with zero attached hydrogens (tertiary/aromatic N) is 5. The molecule has 4 rings (SSSR count). The van der Waals surface area contributed by atoms with Gasteiger partial charge in [0.25, 0.3) is 0 Å². The summed E-state index contributed by atoms with van der Waals surface area (Å²) in [7, 11) is 1.18. The van der Waals surface area contributed by atoms with Gasteiger partial charge in [-0.1, -0.05) is 0 Å². The molecule has 0 N–H and O–H groups in total. The van der Waals surface area contributed by atoms with E-state index in [9.17, 15) is 14.0 Å². The summed E-state index contributed by atoms with van der Waals surface area (Å²) >= 11 is 0. The maximum Gasteiger partial charge on any atom is 0.340 e. The van der Waals surface area contributed by atoms with Crippen LogP contribution in [0.5, 0.6) is 5.75 Å². The molecule has 0 radical (unpaired) electrons. The van der Waals surface area contributed by atoms with E-state index in [2.05, 4.69) is 25.1 Å². The number of halogens is 1. The van der Waals surface area contributed by atoms with Crippen LogP contribution in [-0.2, 0) is 4.74 Å². The van der Waals surface area contributed by atoms with Crippen LogP contribution in [0.2, 0.25) is 0 Å². The summed E-state index contributed by atoms with van der Waals surface area (Å²) < 4.78 is 24.4. The Kier molecular flexibility index (Phi) is 5.21. The molecule has 1 aliphatic rings. The second kappa shape index (κ2) is 7.97. The zero-order chi connectivity index (χ0) is 21.3. The summed E-state index contributed by atoms with van der Waals surface area (Å²) in [4.78, 5) is 28.8. The molecular weight excluding hydrogens is 393 g/mol. The molecule has 9 nitrogen and oxygen atoms in total. The molecule has 1 fully saturated rings. The normalized spacial score (nSPS) is 14.2. The smallest absolute Gasteiger partial charge is 0.340 e. The first-order valence-corrected chi connectivity index (χ1v) is 9.31. The van der Waals surface area contributed by atoms with Gasteiger partial charge in [-0.25, -0.2) is 14.2 Å². The molecule has 2 aromatic heterocycles. The number of methoxy groups -OCH3 is 1. The van der Waals surface area contributed by atoms with E-state index in [1.807, 2.05) is 0 Å². The van der Waals surface area contributed by atoms with Gasteiger partial charge >= 0.3 is 5.97 Å². The minimum absolute atomic E-state index is 0.0599. The number of esters is 1. The van der Waals surface area contributed by atoms with Crippen molar-refractivity contribution < 1.29 is 23.5 Å². The number of Topliss-reactive ketones (excluding diaryl/α,β-unsaturated/α-hetero) is 1. The second-order valence-electron chi connectivity index (χ2n) is 6.87. The third kappa shape index (κ3) is 4.02. The molecule has 0 saturated heterocycles. The fraction of sp³-hybridized carbons (Fsp3) is 0.300. The van der Waals surface area contributed by atoms with Gasteiger partial charge in [-0.3, -0.25) is 4.79 Å². The first kappa shape index (κ1) is 19.6. The SMILES string of the molecule is COC(=O)c1ccc(-n2nnc(C(C)Oc3ccc(C(=O)C4CC4)nc3)n2)cc1F. The van der Waals surface area contributed by atoms with Gasteiger partial charge in [0.2, 0.25) is 5.82 Å². The van der Waals surface area contributed by atoms with Crippen LogP contribution < -0.4 is 4.74 Å². The van der Waals surface area contributed by atoms with Gasteiger partial charge in [-0.05, 0) is 49.2 Å². The van der Waals surface area contributed by atoms with Gasteiger partial charge in [-0.2, -0.15) is 0 Å². The average Bonchev–Trinajstić information content (AvgIpc) is 3.49. The van der Waals surface area contributed by atoms with Crippen LogP contribution in [0.25, 0.3) is 5.69 Å². The van der Waals surface area contributed by atoms with Crippen molar-refractivity contribution >= 4 is 11.8 Å². The number of carbonyl (C=O) groups is 2. The Hall–Kier alpha value is -3.69. The van der Waals surface area contributed by atoms with E-state index in [1.165, 1.54) is 25.4 Å². The molecule has 10 heteroatoms. The number of aromatic nitrogens is 5. The maximum absolute atomic E-state index is 14.1. The van der Waals surface area contributed by atoms with Crippen LogP contribution in [0.3, 0.4) is 0 Å². The van der Waals surface area contributed by atoms with E-state index in [4.69, 9.17) is 4.74 Å². The Morgan fingerprint density at radius 2 is 2.03 bits per heavy atom. The first-order chi connectivity index (χ1) is 14.5. The van der Waals surface area contributed by atoms with E-state index in [0.717, 1.165) is 23.7 Å². The molecule has 0 amide bonds. The number of hydrogen-bond donors (Lipinski definition) is 0. The zero-order valence-corrected chi connectivity index (χ0v) is 16.3.